The fraction of sp³-hybridized carbons (Fsp3) is 0.533. The number of rotatable bonds is 8. The Bertz CT molecular complexity index is 453. The van der Waals surface area contributed by atoms with E-state index in [-0.39, 0.29) is 12.3 Å². The van der Waals surface area contributed by atoms with Crippen molar-refractivity contribution in [1.82, 2.24) is 4.90 Å². The molecule has 1 atom stereocenters. The molecule has 0 saturated carbocycles. The maximum absolute atomic E-state index is 13.3. The van der Waals surface area contributed by atoms with Gasteiger partial charge in [0.2, 0.25) is 0 Å². The summed E-state index contributed by atoms with van der Waals surface area (Å²) in [5.41, 5.74) is 0.304. The zero-order valence-electron chi connectivity index (χ0n) is 12.5. The van der Waals surface area contributed by atoms with Crippen molar-refractivity contribution in [3.05, 3.63) is 29.6 Å². The summed E-state index contributed by atoms with van der Waals surface area (Å²) >= 11 is 1.76. The predicted molar refractivity (Wildman–Crippen MR) is 82.4 cm³/mol. The highest BCUT2D eigenvalue weighted by molar-refractivity contribution is 7.98. The summed E-state index contributed by atoms with van der Waals surface area (Å²) in [5, 5.41) is 0. The average Bonchev–Trinajstić information content (AvgIpc) is 2.44. The lowest BCUT2D eigenvalue weighted by Gasteiger charge is -2.26. The minimum absolute atomic E-state index is 0.122. The van der Waals surface area contributed by atoms with Crippen LogP contribution in [0.2, 0.25) is 0 Å². The second-order valence-corrected chi connectivity index (χ2v) is 5.61. The van der Waals surface area contributed by atoms with Crippen LogP contribution in [0.3, 0.4) is 0 Å². The quantitative estimate of drug-likeness (QED) is 0.690. The van der Waals surface area contributed by atoms with Crippen LogP contribution in [0.25, 0.3) is 0 Å². The Hall–Kier alpha value is -1.07. The second-order valence-electron chi connectivity index (χ2n) is 4.70. The van der Waals surface area contributed by atoms with Gasteiger partial charge in [0, 0.05) is 11.8 Å². The SMILES string of the molecule is CCC(CSC)N(C)CC(=O)c1cc(F)ccc1OC. The molecule has 112 valence electrons. The highest BCUT2D eigenvalue weighted by Gasteiger charge is 2.19. The van der Waals surface area contributed by atoms with E-state index in [1.165, 1.54) is 25.3 Å². The van der Waals surface area contributed by atoms with Crippen LogP contribution in [0.1, 0.15) is 23.7 Å². The Morgan fingerprint density at radius 1 is 1.50 bits per heavy atom. The molecule has 1 aromatic carbocycles. The Morgan fingerprint density at radius 3 is 2.75 bits per heavy atom. The number of carbonyl (C=O) groups excluding carboxylic acids is 1. The summed E-state index contributed by atoms with van der Waals surface area (Å²) < 4.78 is 18.4. The molecule has 0 saturated heterocycles. The molecule has 0 radical (unpaired) electrons. The van der Waals surface area contributed by atoms with Crippen LogP contribution in [-0.2, 0) is 0 Å². The highest BCUT2D eigenvalue weighted by Crippen LogP contribution is 2.20. The van der Waals surface area contributed by atoms with Gasteiger partial charge in [-0.2, -0.15) is 11.8 Å². The van der Waals surface area contributed by atoms with Crippen LogP contribution in [0.5, 0.6) is 5.75 Å². The molecular weight excluding hydrogens is 277 g/mol. The number of halogens is 1. The first kappa shape index (κ1) is 17.0. The van der Waals surface area contributed by atoms with Gasteiger partial charge in [-0.1, -0.05) is 6.92 Å². The van der Waals surface area contributed by atoms with Gasteiger partial charge < -0.3 is 4.74 Å². The summed E-state index contributed by atoms with van der Waals surface area (Å²) in [5.74, 6) is 0.847. The summed E-state index contributed by atoms with van der Waals surface area (Å²) in [7, 11) is 3.41. The summed E-state index contributed by atoms with van der Waals surface area (Å²) in [4.78, 5) is 14.3. The fourth-order valence-electron chi connectivity index (χ4n) is 2.09. The minimum Gasteiger partial charge on any atom is -0.496 e. The molecule has 0 heterocycles. The molecular formula is C15H22FNO2S. The van der Waals surface area contributed by atoms with E-state index in [2.05, 4.69) is 6.92 Å². The zero-order valence-corrected chi connectivity index (χ0v) is 13.3. The molecule has 5 heteroatoms. The van der Waals surface area contributed by atoms with E-state index in [0.717, 1.165) is 12.2 Å². The van der Waals surface area contributed by atoms with E-state index >= 15 is 0 Å². The number of ether oxygens (including phenoxy) is 1. The average molecular weight is 299 g/mol. The van der Waals surface area contributed by atoms with Crippen LogP contribution < -0.4 is 4.74 Å². The lowest BCUT2D eigenvalue weighted by Crippen LogP contribution is -2.37. The van der Waals surface area contributed by atoms with Crippen molar-refractivity contribution in [3.63, 3.8) is 0 Å². The molecule has 0 aliphatic carbocycles. The van der Waals surface area contributed by atoms with Crippen LogP contribution in [0.4, 0.5) is 4.39 Å². The van der Waals surface area contributed by atoms with E-state index in [1.807, 2.05) is 18.2 Å². The standard InChI is InChI=1S/C15H22FNO2S/c1-5-12(10-20-4)17(2)9-14(18)13-8-11(16)6-7-15(13)19-3/h6-8,12H,5,9-10H2,1-4H3. The molecule has 0 aliphatic rings. The maximum Gasteiger partial charge on any atom is 0.180 e. The molecule has 0 bridgehead atoms. The first-order valence-electron chi connectivity index (χ1n) is 6.59. The normalized spacial score (nSPS) is 12.5. The van der Waals surface area contributed by atoms with Crippen LogP contribution in [0.15, 0.2) is 18.2 Å². The molecule has 0 spiro atoms. The number of likely N-dealkylation sites (N-methyl/N-ethyl adjacent to an activating group) is 1. The fourth-order valence-corrected chi connectivity index (χ4v) is 2.96. The summed E-state index contributed by atoms with van der Waals surface area (Å²) in [6.45, 7) is 2.36. The largest absolute Gasteiger partial charge is 0.496 e. The van der Waals surface area contributed by atoms with Gasteiger partial charge in [0.1, 0.15) is 11.6 Å². The number of nitrogens with zero attached hydrogens (tertiary/aromatic N) is 1. The number of Topliss-reactive ketones (excluding diaryl/α,β-unsaturated/α-hetero) is 1. The van der Waals surface area contributed by atoms with Gasteiger partial charge >= 0.3 is 0 Å². The highest BCUT2D eigenvalue weighted by atomic mass is 32.2. The van der Waals surface area contributed by atoms with E-state index in [4.69, 9.17) is 4.74 Å². The number of hydrogen-bond donors (Lipinski definition) is 0. The van der Waals surface area contributed by atoms with Crippen LogP contribution in [0, 0.1) is 5.82 Å². The van der Waals surface area contributed by atoms with Gasteiger partial charge in [-0.15, -0.1) is 0 Å². The topological polar surface area (TPSA) is 29.5 Å². The molecule has 0 aromatic heterocycles. The third kappa shape index (κ3) is 4.49. The van der Waals surface area contributed by atoms with E-state index < -0.39 is 5.82 Å². The van der Waals surface area contributed by atoms with Crippen molar-refractivity contribution >= 4 is 17.5 Å². The van der Waals surface area contributed by atoms with Crippen molar-refractivity contribution in [2.75, 3.05) is 32.7 Å². The number of thioether (sulfide) groups is 1. The number of benzene rings is 1. The molecule has 1 aromatic rings. The number of carbonyl (C=O) groups is 1. The zero-order chi connectivity index (χ0) is 15.1. The molecule has 0 N–H and O–H groups in total. The Labute approximate surface area is 124 Å². The van der Waals surface area contributed by atoms with Gasteiger partial charge in [0.15, 0.2) is 5.78 Å². The molecule has 0 aliphatic heterocycles. The Balaban J connectivity index is 2.82. The molecule has 1 unspecified atom stereocenters. The van der Waals surface area contributed by atoms with Gasteiger partial charge in [-0.05, 0) is 37.9 Å². The number of hydrogen-bond acceptors (Lipinski definition) is 4. The van der Waals surface area contributed by atoms with E-state index in [1.54, 1.807) is 11.8 Å². The molecule has 0 fully saturated rings. The Morgan fingerprint density at radius 2 is 2.20 bits per heavy atom. The smallest absolute Gasteiger partial charge is 0.180 e. The van der Waals surface area contributed by atoms with E-state index in [0.29, 0.717) is 17.4 Å². The lowest BCUT2D eigenvalue weighted by atomic mass is 10.1. The van der Waals surface area contributed by atoms with Crippen LogP contribution >= 0.6 is 11.8 Å². The predicted octanol–water partition coefficient (Wildman–Crippen LogP) is 3.09. The summed E-state index contributed by atoms with van der Waals surface area (Å²) in [6, 6.07) is 4.36. The van der Waals surface area contributed by atoms with Crippen LogP contribution in [-0.4, -0.2) is 49.4 Å². The van der Waals surface area contributed by atoms with Crippen molar-refractivity contribution < 1.29 is 13.9 Å². The summed E-state index contributed by atoms with van der Waals surface area (Å²) in [6.07, 6.45) is 3.03. The van der Waals surface area contributed by atoms with Gasteiger partial charge in [0.25, 0.3) is 0 Å². The Kier molecular flexibility index (Phi) is 7.02. The van der Waals surface area contributed by atoms with Crippen molar-refractivity contribution in [2.45, 2.75) is 19.4 Å². The van der Waals surface area contributed by atoms with Crippen molar-refractivity contribution in [1.29, 1.82) is 0 Å². The second kappa shape index (κ2) is 8.27. The molecule has 0 amide bonds. The van der Waals surface area contributed by atoms with Gasteiger partial charge in [-0.25, -0.2) is 4.39 Å². The van der Waals surface area contributed by atoms with Gasteiger partial charge in [-0.3, -0.25) is 9.69 Å². The third-order valence-corrected chi connectivity index (χ3v) is 4.03. The number of methoxy groups -OCH3 is 1. The molecule has 20 heavy (non-hydrogen) atoms. The first-order valence-corrected chi connectivity index (χ1v) is 7.98. The molecule has 3 nitrogen and oxygen atoms in total. The number of ketones is 1. The van der Waals surface area contributed by atoms with Crippen molar-refractivity contribution in [2.24, 2.45) is 0 Å². The lowest BCUT2D eigenvalue weighted by molar-refractivity contribution is 0.0921. The van der Waals surface area contributed by atoms with Gasteiger partial charge in [0.05, 0.1) is 19.2 Å². The molecule has 1 rings (SSSR count). The first-order chi connectivity index (χ1) is 9.53. The third-order valence-electron chi connectivity index (χ3n) is 3.31. The van der Waals surface area contributed by atoms with Crippen molar-refractivity contribution in [3.8, 4) is 5.75 Å². The monoisotopic (exact) mass is 299 g/mol. The van der Waals surface area contributed by atoms with E-state index in [9.17, 15) is 9.18 Å². The minimum atomic E-state index is -0.423. The maximum atomic E-state index is 13.3.